The Morgan fingerprint density at radius 2 is 2.06 bits per heavy atom. The standard InChI is InChI=1S/C12H17FN2O2S/c1-12(5-6-12)15-18(16,17)11-7-9(8-14-2)3-4-10(11)13/h3-4,7,14-15H,5-6,8H2,1-2H3. The first-order valence-corrected chi connectivity index (χ1v) is 7.32. The number of benzene rings is 1. The van der Waals surface area contributed by atoms with Gasteiger partial charge < -0.3 is 5.32 Å². The van der Waals surface area contributed by atoms with Gasteiger partial charge in [-0.15, -0.1) is 0 Å². The van der Waals surface area contributed by atoms with Gasteiger partial charge in [-0.25, -0.2) is 17.5 Å². The predicted octanol–water partition coefficient (Wildman–Crippen LogP) is 1.38. The monoisotopic (exact) mass is 272 g/mol. The van der Waals surface area contributed by atoms with E-state index in [1.807, 2.05) is 6.92 Å². The molecule has 0 heterocycles. The molecular formula is C12H17FN2O2S. The normalized spacial score (nSPS) is 17.7. The van der Waals surface area contributed by atoms with Crippen molar-refractivity contribution in [3.05, 3.63) is 29.6 Å². The van der Waals surface area contributed by atoms with E-state index in [2.05, 4.69) is 10.0 Å². The van der Waals surface area contributed by atoms with Gasteiger partial charge in [-0.2, -0.15) is 0 Å². The minimum absolute atomic E-state index is 0.275. The van der Waals surface area contributed by atoms with Crippen LogP contribution >= 0.6 is 0 Å². The van der Waals surface area contributed by atoms with E-state index in [-0.39, 0.29) is 4.90 Å². The molecule has 100 valence electrons. The molecule has 0 atom stereocenters. The summed E-state index contributed by atoms with van der Waals surface area (Å²) in [5, 5.41) is 2.91. The fraction of sp³-hybridized carbons (Fsp3) is 0.500. The Bertz CT molecular complexity index is 553. The minimum atomic E-state index is -3.78. The Hall–Kier alpha value is -0.980. The van der Waals surface area contributed by atoms with Crippen LogP contribution in [0.4, 0.5) is 4.39 Å². The van der Waals surface area contributed by atoms with Crippen LogP contribution in [-0.2, 0) is 16.6 Å². The molecule has 1 aromatic rings. The Kier molecular flexibility index (Phi) is 3.44. The van der Waals surface area contributed by atoms with Crippen LogP contribution in [0.15, 0.2) is 23.1 Å². The first kappa shape index (κ1) is 13.5. The third kappa shape index (κ3) is 2.88. The van der Waals surface area contributed by atoms with Crippen molar-refractivity contribution in [1.29, 1.82) is 0 Å². The summed E-state index contributed by atoms with van der Waals surface area (Å²) in [6, 6.07) is 4.14. The molecule has 2 N–H and O–H groups in total. The van der Waals surface area contributed by atoms with E-state index < -0.39 is 21.4 Å². The molecule has 1 aliphatic rings. The Morgan fingerprint density at radius 3 is 2.61 bits per heavy atom. The molecule has 1 saturated carbocycles. The van der Waals surface area contributed by atoms with Gasteiger partial charge in [0.1, 0.15) is 10.7 Å². The number of hydrogen-bond acceptors (Lipinski definition) is 3. The lowest BCUT2D eigenvalue weighted by Crippen LogP contribution is -2.34. The smallest absolute Gasteiger partial charge is 0.243 e. The lowest BCUT2D eigenvalue weighted by atomic mass is 10.2. The van der Waals surface area contributed by atoms with E-state index in [9.17, 15) is 12.8 Å². The molecule has 0 radical (unpaired) electrons. The molecule has 1 fully saturated rings. The van der Waals surface area contributed by atoms with Crippen LogP contribution in [0.25, 0.3) is 0 Å². The maximum Gasteiger partial charge on any atom is 0.243 e. The van der Waals surface area contributed by atoms with Gasteiger partial charge in [0.25, 0.3) is 0 Å². The van der Waals surface area contributed by atoms with Gasteiger partial charge in [0, 0.05) is 12.1 Å². The fourth-order valence-electron chi connectivity index (χ4n) is 1.74. The largest absolute Gasteiger partial charge is 0.316 e. The number of rotatable bonds is 5. The summed E-state index contributed by atoms with van der Waals surface area (Å²) >= 11 is 0. The quantitative estimate of drug-likeness (QED) is 0.851. The molecule has 0 spiro atoms. The zero-order valence-electron chi connectivity index (χ0n) is 10.5. The predicted molar refractivity (Wildman–Crippen MR) is 67.1 cm³/mol. The van der Waals surface area contributed by atoms with E-state index in [0.717, 1.165) is 18.4 Å². The van der Waals surface area contributed by atoms with Crippen LogP contribution in [-0.4, -0.2) is 21.0 Å². The molecule has 18 heavy (non-hydrogen) atoms. The Morgan fingerprint density at radius 1 is 1.39 bits per heavy atom. The van der Waals surface area contributed by atoms with Gasteiger partial charge in [-0.1, -0.05) is 6.07 Å². The van der Waals surface area contributed by atoms with Crippen molar-refractivity contribution in [2.45, 2.75) is 36.7 Å². The summed E-state index contributed by atoms with van der Waals surface area (Å²) in [6.07, 6.45) is 1.59. The van der Waals surface area contributed by atoms with Gasteiger partial charge in [0.2, 0.25) is 10.0 Å². The van der Waals surface area contributed by atoms with Crippen molar-refractivity contribution in [3.63, 3.8) is 0 Å². The molecular weight excluding hydrogens is 255 g/mol. The van der Waals surface area contributed by atoms with Gasteiger partial charge in [0.05, 0.1) is 0 Å². The average Bonchev–Trinajstić information content (AvgIpc) is 2.98. The molecule has 2 rings (SSSR count). The summed E-state index contributed by atoms with van der Waals surface area (Å²) in [6.45, 7) is 2.32. The molecule has 1 aliphatic carbocycles. The van der Waals surface area contributed by atoms with Crippen molar-refractivity contribution < 1.29 is 12.8 Å². The summed E-state index contributed by atoms with van der Waals surface area (Å²) in [4.78, 5) is -0.275. The second kappa shape index (κ2) is 4.60. The molecule has 0 aliphatic heterocycles. The topological polar surface area (TPSA) is 58.2 Å². The first-order chi connectivity index (χ1) is 8.36. The van der Waals surface area contributed by atoms with Gasteiger partial charge in [-0.3, -0.25) is 0 Å². The van der Waals surface area contributed by atoms with Crippen molar-refractivity contribution in [3.8, 4) is 0 Å². The van der Waals surface area contributed by atoms with E-state index in [1.54, 1.807) is 13.1 Å². The number of nitrogens with one attached hydrogen (secondary N) is 2. The lowest BCUT2D eigenvalue weighted by Gasteiger charge is -2.13. The molecule has 1 aromatic carbocycles. The summed E-state index contributed by atoms with van der Waals surface area (Å²) in [7, 11) is -2.03. The zero-order chi connectivity index (χ0) is 13.4. The van der Waals surface area contributed by atoms with Crippen molar-refractivity contribution in [2.24, 2.45) is 0 Å². The van der Waals surface area contributed by atoms with Crippen molar-refractivity contribution >= 4 is 10.0 Å². The van der Waals surface area contributed by atoms with Crippen LogP contribution in [0.1, 0.15) is 25.3 Å². The van der Waals surface area contributed by atoms with E-state index >= 15 is 0 Å². The van der Waals surface area contributed by atoms with Gasteiger partial charge >= 0.3 is 0 Å². The maximum atomic E-state index is 13.7. The minimum Gasteiger partial charge on any atom is -0.316 e. The molecule has 0 unspecified atom stereocenters. The highest BCUT2D eigenvalue weighted by Gasteiger charge is 2.41. The fourth-order valence-corrected chi connectivity index (χ4v) is 3.33. The third-order valence-electron chi connectivity index (χ3n) is 3.05. The van der Waals surface area contributed by atoms with Crippen LogP contribution in [0.3, 0.4) is 0 Å². The van der Waals surface area contributed by atoms with Crippen molar-refractivity contribution in [1.82, 2.24) is 10.0 Å². The Balaban J connectivity index is 2.33. The highest BCUT2D eigenvalue weighted by Crippen LogP contribution is 2.36. The molecule has 0 amide bonds. The van der Waals surface area contributed by atoms with E-state index in [0.29, 0.717) is 6.54 Å². The highest BCUT2D eigenvalue weighted by molar-refractivity contribution is 7.89. The molecule has 0 bridgehead atoms. The first-order valence-electron chi connectivity index (χ1n) is 5.83. The number of sulfonamides is 1. The van der Waals surface area contributed by atoms with Crippen LogP contribution in [0.2, 0.25) is 0 Å². The van der Waals surface area contributed by atoms with Gasteiger partial charge in [-0.05, 0) is 44.5 Å². The molecule has 6 heteroatoms. The summed E-state index contributed by atoms with van der Waals surface area (Å²) in [5.41, 5.74) is 0.338. The maximum absolute atomic E-state index is 13.7. The molecule has 4 nitrogen and oxygen atoms in total. The second-order valence-electron chi connectivity index (χ2n) is 4.96. The molecule has 0 aromatic heterocycles. The van der Waals surface area contributed by atoms with E-state index in [4.69, 9.17) is 0 Å². The Labute approximate surface area is 107 Å². The molecule has 0 saturated heterocycles. The summed E-state index contributed by atoms with van der Waals surface area (Å²) < 4.78 is 40.4. The third-order valence-corrected chi connectivity index (χ3v) is 4.70. The SMILES string of the molecule is CNCc1ccc(F)c(S(=O)(=O)NC2(C)CC2)c1. The van der Waals surface area contributed by atoms with Crippen LogP contribution in [0, 0.1) is 5.82 Å². The number of halogens is 1. The van der Waals surface area contributed by atoms with Crippen molar-refractivity contribution in [2.75, 3.05) is 7.05 Å². The number of hydrogen-bond donors (Lipinski definition) is 2. The second-order valence-corrected chi connectivity index (χ2v) is 6.61. The van der Waals surface area contributed by atoms with E-state index in [1.165, 1.54) is 12.1 Å². The average molecular weight is 272 g/mol. The van der Waals surface area contributed by atoms with Crippen LogP contribution < -0.4 is 10.0 Å². The van der Waals surface area contributed by atoms with Crippen LogP contribution in [0.5, 0.6) is 0 Å². The summed E-state index contributed by atoms with van der Waals surface area (Å²) in [5.74, 6) is -0.716. The lowest BCUT2D eigenvalue weighted by molar-refractivity contribution is 0.540. The van der Waals surface area contributed by atoms with Gasteiger partial charge in [0.15, 0.2) is 0 Å². The zero-order valence-corrected chi connectivity index (χ0v) is 11.3. The highest BCUT2D eigenvalue weighted by atomic mass is 32.2.